The van der Waals surface area contributed by atoms with Gasteiger partial charge in [-0.1, -0.05) is 24.6 Å². The fourth-order valence-corrected chi connectivity index (χ4v) is 3.09. The topological polar surface area (TPSA) is 32.5 Å². The molecule has 1 aliphatic heterocycles. The minimum Gasteiger partial charge on any atom is -0.369 e. The summed E-state index contributed by atoms with van der Waals surface area (Å²) in [6.45, 7) is 13.5. The molecule has 2 rings (SSSR count). The van der Waals surface area contributed by atoms with Gasteiger partial charge in [-0.3, -0.25) is 4.90 Å². The van der Waals surface area contributed by atoms with Crippen LogP contribution in [0.5, 0.6) is 0 Å². The van der Waals surface area contributed by atoms with Gasteiger partial charge in [0.15, 0.2) is 0 Å². The van der Waals surface area contributed by atoms with Gasteiger partial charge in [0, 0.05) is 44.0 Å². The van der Waals surface area contributed by atoms with Gasteiger partial charge in [-0.2, -0.15) is 0 Å². The van der Waals surface area contributed by atoms with Crippen LogP contribution in [0.1, 0.15) is 38.3 Å². The summed E-state index contributed by atoms with van der Waals surface area (Å²) in [5.41, 5.74) is 10.3. The minimum absolute atomic E-state index is 0.266. The largest absolute Gasteiger partial charge is 0.369 e. The van der Waals surface area contributed by atoms with E-state index in [-0.39, 0.29) is 6.04 Å². The van der Waals surface area contributed by atoms with Crippen LogP contribution in [-0.4, -0.2) is 43.2 Å². The van der Waals surface area contributed by atoms with E-state index in [1.165, 1.54) is 16.8 Å². The zero-order valence-electron chi connectivity index (χ0n) is 14.1. The van der Waals surface area contributed by atoms with E-state index in [2.05, 4.69) is 55.7 Å². The van der Waals surface area contributed by atoms with Crippen LogP contribution >= 0.6 is 0 Å². The van der Waals surface area contributed by atoms with Gasteiger partial charge in [0.1, 0.15) is 0 Å². The predicted octanol–water partition coefficient (Wildman–Crippen LogP) is 2.81. The first-order chi connectivity index (χ1) is 10.0. The third-order valence-electron chi connectivity index (χ3n) is 4.63. The number of hydrogen-bond donors (Lipinski definition) is 1. The molecule has 3 nitrogen and oxygen atoms in total. The molecule has 1 aromatic carbocycles. The van der Waals surface area contributed by atoms with E-state index < -0.39 is 0 Å². The van der Waals surface area contributed by atoms with E-state index in [1.807, 2.05) is 0 Å². The number of piperazine rings is 1. The Kier molecular flexibility index (Phi) is 5.65. The third-order valence-corrected chi connectivity index (χ3v) is 4.63. The van der Waals surface area contributed by atoms with Gasteiger partial charge in [-0.15, -0.1) is 0 Å². The average Bonchev–Trinajstić information content (AvgIpc) is 2.47. The summed E-state index contributed by atoms with van der Waals surface area (Å²) in [6, 6.07) is 7.75. The van der Waals surface area contributed by atoms with Gasteiger partial charge < -0.3 is 10.6 Å². The van der Waals surface area contributed by atoms with Crippen molar-refractivity contribution in [1.29, 1.82) is 0 Å². The maximum absolute atomic E-state index is 6.19. The van der Waals surface area contributed by atoms with Crippen LogP contribution in [0.2, 0.25) is 0 Å². The Balaban J connectivity index is 2.12. The van der Waals surface area contributed by atoms with Gasteiger partial charge in [-0.25, -0.2) is 0 Å². The van der Waals surface area contributed by atoms with Crippen molar-refractivity contribution in [3.05, 3.63) is 29.3 Å². The van der Waals surface area contributed by atoms with Crippen molar-refractivity contribution in [2.75, 3.05) is 31.1 Å². The summed E-state index contributed by atoms with van der Waals surface area (Å²) >= 11 is 0. The molecular weight excluding hydrogens is 258 g/mol. The molecule has 0 radical (unpaired) electrons. The van der Waals surface area contributed by atoms with Crippen molar-refractivity contribution in [2.45, 2.75) is 52.6 Å². The first-order valence-electron chi connectivity index (χ1n) is 8.35. The van der Waals surface area contributed by atoms with E-state index in [0.29, 0.717) is 6.04 Å². The highest BCUT2D eigenvalue weighted by molar-refractivity contribution is 5.55. The predicted molar refractivity (Wildman–Crippen MR) is 92.1 cm³/mol. The summed E-state index contributed by atoms with van der Waals surface area (Å²) in [5.74, 6) is 0. The second-order valence-corrected chi connectivity index (χ2v) is 6.62. The molecule has 1 aliphatic rings. The number of anilines is 1. The number of nitrogens with two attached hydrogens (primary N) is 1. The summed E-state index contributed by atoms with van der Waals surface area (Å²) < 4.78 is 0. The quantitative estimate of drug-likeness (QED) is 0.904. The molecule has 0 amide bonds. The number of aryl methyl sites for hydroxylation is 1. The maximum atomic E-state index is 6.19. The maximum Gasteiger partial charge on any atom is 0.0400 e. The van der Waals surface area contributed by atoms with Gasteiger partial charge in [0.05, 0.1) is 0 Å². The summed E-state index contributed by atoms with van der Waals surface area (Å²) in [4.78, 5) is 5.10. The van der Waals surface area contributed by atoms with Gasteiger partial charge in [-0.05, 0) is 45.2 Å². The molecule has 1 saturated heterocycles. The Morgan fingerprint density at radius 3 is 2.38 bits per heavy atom. The Morgan fingerprint density at radius 1 is 1.14 bits per heavy atom. The Bertz CT molecular complexity index is 448. The zero-order valence-corrected chi connectivity index (χ0v) is 14.1. The van der Waals surface area contributed by atoms with Crippen LogP contribution in [0, 0.1) is 6.92 Å². The van der Waals surface area contributed by atoms with Crippen LogP contribution < -0.4 is 10.6 Å². The van der Waals surface area contributed by atoms with Crippen molar-refractivity contribution in [3.63, 3.8) is 0 Å². The lowest BCUT2D eigenvalue weighted by molar-refractivity contribution is 0.209. The van der Waals surface area contributed by atoms with Crippen molar-refractivity contribution in [3.8, 4) is 0 Å². The van der Waals surface area contributed by atoms with Crippen molar-refractivity contribution < 1.29 is 0 Å². The molecule has 1 unspecified atom stereocenters. The van der Waals surface area contributed by atoms with Gasteiger partial charge in [0.25, 0.3) is 0 Å². The van der Waals surface area contributed by atoms with Crippen molar-refractivity contribution >= 4 is 5.69 Å². The molecular formula is C18H31N3. The first kappa shape index (κ1) is 16.3. The molecule has 21 heavy (non-hydrogen) atoms. The van der Waals surface area contributed by atoms with E-state index in [4.69, 9.17) is 5.73 Å². The highest BCUT2D eigenvalue weighted by Crippen LogP contribution is 2.25. The summed E-state index contributed by atoms with van der Waals surface area (Å²) in [5, 5.41) is 0. The van der Waals surface area contributed by atoms with E-state index in [1.54, 1.807) is 0 Å². The molecule has 1 heterocycles. The molecule has 0 aromatic heterocycles. The van der Waals surface area contributed by atoms with E-state index in [0.717, 1.165) is 39.0 Å². The molecule has 118 valence electrons. The minimum atomic E-state index is 0.266. The Morgan fingerprint density at radius 2 is 1.81 bits per heavy atom. The van der Waals surface area contributed by atoms with Gasteiger partial charge in [0.2, 0.25) is 0 Å². The summed E-state index contributed by atoms with van der Waals surface area (Å²) in [7, 11) is 0. The fraction of sp³-hybridized carbons (Fsp3) is 0.667. The van der Waals surface area contributed by atoms with Crippen LogP contribution in [-0.2, 0) is 6.42 Å². The molecule has 1 fully saturated rings. The third kappa shape index (κ3) is 4.21. The van der Waals surface area contributed by atoms with Crippen LogP contribution in [0.25, 0.3) is 0 Å². The highest BCUT2D eigenvalue weighted by Gasteiger charge is 2.21. The number of benzene rings is 1. The highest BCUT2D eigenvalue weighted by atomic mass is 15.3. The van der Waals surface area contributed by atoms with E-state index in [9.17, 15) is 0 Å². The van der Waals surface area contributed by atoms with Crippen LogP contribution in [0.3, 0.4) is 0 Å². The molecule has 0 aliphatic carbocycles. The molecule has 0 spiro atoms. The number of hydrogen-bond acceptors (Lipinski definition) is 3. The Labute approximate surface area is 130 Å². The lowest BCUT2D eigenvalue weighted by atomic mass is 9.99. The Hall–Kier alpha value is -1.06. The van der Waals surface area contributed by atoms with Crippen LogP contribution in [0.15, 0.2) is 18.2 Å². The smallest absolute Gasteiger partial charge is 0.0400 e. The second-order valence-electron chi connectivity index (χ2n) is 6.62. The van der Waals surface area contributed by atoms with E-state index >= 15 is 0 Å². The average molecular weight is 289 g/mol. The second kappa shape index (κ2) is 7.28. The van der Waals surface area contributed by atoms with Gasteiger partial charge >= 0.3 is 0 Å². The van der Waals surface area contributed by atoms with Crippen molar-refractivity contribution in [2.24, 2.45) is 5.73 Å². The number of rotatable bonds is 5. The first-order valence-corrected chi connectivity index (χ1v) is 8.35. The monoisotopic (exact) mass is 289 g/mol. The molecule has 1 atom stereocenters. The normalized spacial score (nSPS) is 18.3. The lowest BCUT2D eigenvalue weighted by Gasteiger charge is -2.39. The van der Waals surface area contributed by atoms with Crippen LogP contribution in [0.4, 0.5) is 5.69 Å². The summed E-state index contributed by atoms with van der Waals surface area (Å²) in [6.07, 6.45) is 2.02. The molecule has 3 heteroatoms. The lowest BCUT2D eigenvalue weighted by Crippen LogP contribution is -2.49. The SMILES string of the molecule is CCC(N)Cc1cc(C)ccc1N1CCN(C(C)C)CC1. The fourth-order valence-electron chi connectivity index (χ4n) is 3.09. The molecule has 2 N–H and O–H groups in total. The standard InChI is InChI=1S/C18H31N3/c1-5-17(19)13-16-12-15(4)6-7-18(16)21-10-8-20(9-11-21)14(2)3/h6-7,12,14,17H,5,8-11,13,19H2,1-4H3. The molecule has 0 bridgehead atoms. The zero-order chi connectivity index (χ0) is 15.4. The molecule has 1 aromatic rings. The van der Waals surface area contributed by atoms with Crippen molar-refractivity contribution in [1.82, 2.24) is 4.90 Å². The number of nitrogens with zero attached hydrogens (tertiary/aromatic N) is 2. The molecule has 0 saturated carbocycles.